The molecule has 0 bridgehead atoms. The Kier molecular flexibility index (Phi) is 4.25. The summed E-state index contributed by atoms with van der Waals surface area (Å²) < 4.78 is 13.3. The number of carbonyl (C=O) groups is 2. The van der Waals surface area contributed by atoms with Gasteiger partial charge in [0.05, 0.1) is 5.69 Å². The lowest BCUT2D eigenvalue weighted by atomic mass is 10.2. The van der Waals surface area contributed by atoms with Crippen molar-refractivity contribution in [1.82, 2.24) is 5.32 Å². The molecule has 0 heterocycles. The molecule has 0 aliphatic rings. The van der Waals surface area contributed by atoms with Gasteiger partial charge in [0.1, 0.15) is 11.7 Å². The van der Waals surface area contributed by atoms with Gasteiger partial charge in [-0.3, -0.25) is 10.1 Å². The number of alkyl halides is 1. The molecule has 2 N–H and O–H groups in total. The van der Waals surface area contributed by atoms with Crippen molar-refractivity contribution in [2.24, 2.45) is 0 Å². The lowest BCUT2D eigenvalue weighted by molar-refractivity contribution is -0.117. The highest BCUT2D eigenvalue weighted by Gasteiger charge is 2.09. The zero-order chi connectivity index (χ0) is 12.1. The fourth-order valence-electron chi connectivity index (χ4n) is 1.04. The van der Waals surface area contributed by atoms with Crippen molar-refractivity contribution in [3.05, 3.63) is 29.6 Å². The van der Waals surface area contributed by atoms with E-state index in [9.17, 15) is 14.0 Å². The van der Waals surface area contributed by atoms with Gasteiger partial charge in [-0.15, -0.1) is 11.6 Å². The summed E-state index contributed by atoms with van der Waals surface area (Å²) in [4.78, 5) is 21.9. The molecule has 0 unspecified atom stereocenters. The van der Waals surface area contributed by atoms with E-state index in [1.807, 2.05) is 5.32 Å². The third kappa shape index (κ3) is 3.51. The molecule has 16 heavy (non-hydrogen) atoms. The van der Waals surface area contributed by atoms with Crippen molar-refractivity contribution in [3.63, 3.8) is 0 Å². The zero-order valence-electron chi connectivity index (χ0n) is 8.51. The van der Waals surface area contributed by atoms with Crippen LogP contribution in [0.3, 0.4) is 0 Å². The molecule has 0 saturated carbocycles. The summed E-state index contributed by atoms with van der Waals surface area (Å²) in [6, 6.07) is 3.52. The minimum Gasteiger partial charge on any atom is -0.305 e. The number of imide groups is 1. The molecule has 1 rings (SSSR count). The van der Waals surface area contributed by atoms with Crippen LogP contribution in [0, 0.1) is 12.7 Å². The third-order valence-corrected chi connectivity index (χ3v) is 1.99. The molecule has 0 saturated heterocycles. The summed E-state index contributed by atoms with van der Waals surface area (Å²) in [5, 5.41) is 4.13. The van der Waals surface area contributed by atoms with Crippen LogP contribution in [0.5, 0.6) is 0 Å². The summed E-state index contributed by atoms with van der Waals surface area (Å²) in [5.74, 6) is -1.54. The quantitative estimate of drug-likeness (QED) is 0.782. The van der Waals surface area contributed by atoms with E-state index in [4.69, 9.17) is 11.6 Å². The van der Waals surface area contributed by atoms with E-state index >= 15 is 0 Å². The Balaban J connectivity index is 2.66. The molecule has 0 radical (unpaired) electrons. The van der Waals surface area contributed by atoms with Gasteiger partial charge in [-0.25, -0.2) is 9.18 Å². The normalized spacial score (nSPS) is 9.69. The zero-order valence-corrected chi connectivity index (χ0v) is 9.27. The topological polar surface area (TPSA) is 58.2 Å². The summed E-state index contributed by atoms with van der Waals surface area (Å²) in [6.07, 6.45) is 0. The minimum atomic E-state index is -0.812. The first-order chi connectivity index (χ1) is 7.52. The van der Waals surface area contributed by atoms with Gasteiger partial charge in [0.25, 0.3) is 0 Å². The summed E-state index contributed by atoms with van der Waals surface area (Å²) in [5.41, 5.74) is 0.741. The molecule has 1 aromatic carbocycles. The lowest BCUT2D eigenvalue weighted by Crippen LogP contribution is -2.35. The molecule has 0 fully saturated rings. The van der Waals surface area contributed by atoms with E-state index in [2.05, 4.69) is 5.32 Å². The predicted octanol–water partition coefficient (Wildman–Crippen LogP) is 2.02. The second-order valence-corrected chi connectivity index (χ2v) is 3.39. The molecular weight excluding hydrogens is 235 g/mol. The number of carbonyl (C=O) groups excluding carboxylic acids is 2. The summed E-state index contributed by atoms with van der Waals surface area (Å²) in [6.45, 7) is 1.73. The van der Waals surface area contributed by atoms with Gasteiger partial charge in [0.15, 0.2) is 0 Å². The van der Waals surface area contributed by atoms with Crippen molar-refractivity contribution >= 4 is 29.2 Å². The number of halogens is 2. The Morgan fingerprint density at radius 2 is 2.12 bits per heavy atom. The first-order valence-electron chi connectivity index (χ1n) is 4.46. The van der Waals surface area contributed by atoms with E-state index in [1.54, 1.807) is 13.0 Å². The van der Waals surface area contributed by atoms with Crippen molar-refractivity contribution in [3.8, 4) is 0 Å². The fraction of sp³-hybridized carbons (Fsp3) is 0.200. The van der Waals surface area contributed by atoms with Crippen molar-refractivity contribution < 1.29 is 14.0 Å². The maximum atomic E-state index is 13.3. The number of anilines is 1. The number of rotatable bonds is 2. The number of benzene rings is 1. The molecule has 0 atom stereocenters. The number of urea groups is 1. The first kappa shape index (κ1) is 12.4. The van der Waals surface area contributed by atoms with Gasteiger partial charge < -0.3 is 5.32 Å². The fourth-order valence-corrected chi connectivity index (χ4v) is 1.10. The smallest absolute Gasteiger partial charge is 0.305 e. The van der Waals surface area contributed by atoms with E-state index in [0.717, 1.165) is 5.56 Å². The lowest BCUT2D eigenvalue weighted by Gasteiger charge is -2.06. The Hall–Kier alpha value is -1.62. The molecule has 1 aromatic rings. The molecular formula is C10H10ClFN2O2. The summed E-state index contributed by atoms with van der Waals surface area (Å²) >= 11 is 5.18. The van der Waals surface area contributed by atoms with Gasteiger partial charge in [0.2, 0.25) is 5.91 Å². The number of amides is 3. The van der Waals surface area contributed by atoms with Gasteiger partial charge in [-0.05, 0) is 24.6 Å². The highest BCUT2D eigenvalue weighted by Crippen LogP contribution is 2.14. The van der Waals surface area contributed by atoms with Crippen LogP contribution in [0.1, 0.15) is 5.56 Å². The minimum absolute atomic E-state index is 0.00507. The van der Waals surface area contributed by atoms with Crippen LogP contribution in [-0.2, 0) is 4.79 Å². The van der Waals surface area contributed by atoms with Crippen LogP contribution in [0.25, 0.3) is 0 Å². The molecule has 0 aliphatic heterocycles. The number of hydrogen-bond acceptors (Lipinski definition) is 2. The van der Waals surface area contributed by atoms with Gasteiger partial charge in [0, 0.05) is 0 Å². The predicted molar refractivity (Wildman–Crippen MR) is 59.0 cm³/mol. The van der Waals surface area contributed by atoms with Crippen LogP contribution in [0.15, 0.2) is 18.2 Å². The van der Waals surface area contributed by atoms with Crippen LogP contribution in [-0.4, -0.2) is 17.8 Å². The first-order valence-corrected chi connectivity index (χ1v) is 4.99. The largest absolute Gasteiger partial charge is 0.325 e. The van der Waals surface area contributed by atoms with E-state index in [-0.39, 0.29) is 11.6 Å². The maximum absolute atomic E-state index is 13.3. The van der Waals surface area contributed by atoms with Gasteiger partial charge in [-0.1, -0.05) is 6.07 Å². The molecule has 4 nitrogen and oxygen atoms in total. The van der Waals surface area contributed by atoms with Crippen molar-refractivity contribution in [2.75, 3.05) is 11.2 Å². The molecule has 0 aliphatic carbocycles. The summed E-state index contributed by atoms with van der Waals surface area (Å²) in [7, 11) is 0. The standard InChI is InChI=1S/C10H10ClFN2O2/c1-6-2-3-8(7(12)4-6)13-10(16)14-9(15)5-11/h2-4H,5H2,1H3,(H2,13,14,15,16). The molecule has 0 aromatic heterocycles. The monoisotopic (exact) mass is 244 g/mol. The Labute approximate surface area is 96.8 Å². The van der Waals surface area contributed by atoms with E-state index in [0.29, 0.717) is 0 Å². The molecule has 3 amide bonds. The average molecular weight is 245 g/mol. The van der Waals surface area contributed by atoms with Gasteiger partial charge >= 0.3 is 6.03 Å². The number of aryl methyl sites for hydroxylation is 1. The highest BCUT2D eigenvalue weighted by atomic mass is 35.5. The van der Waals surface area contributed by atoms with Crippen LogP contribution in [0.4, 0.5) is 14.9 Å². The number of hydrogen-bond donors (Lipinski definition) is 2. The SMILES string of the molecule is Cc1ccc(NC(=O)NC(=O)CCl)c(F)c1. The van der Waals surface area contributed by atoms with Crippen LogP contribution < -0.4 is 10.6 Å². The highest BCUT2D eigenvalue weighted by molar-refractivity contribution is 6.28. The molecule has 6 heteroatoms. The van der Waals surface area contributed by atoms with Crippen LogP contribution >= 0.6 is 11.6 Å². The molecule has 0 spiro atoms. The Morgan fingerprint density at radius 3 is 2.69 bits per heavy atom. The number of nitrogens with one attached hydrogen (secondary N) is 2. The molecule has 86 valence electrons. The third-order valence-electron chi connectivity index (χ3n) is 1.75. The maximum Gasteiger partial charge on any atom is 0.325 e. The van der Waals surface area contributed by atoms with E-state index in [1.165, 1.54) is 12.1 Å². The Morgan fingerprint density at radius 1 is 1.44 bits per heavy atom. The average Bonchev–Trinajstić information content (AvgIpc) is 2.22. The Bertz CT molecular complexity index is 423. The second-order valence-electron chi connectivity index (χ2n) is 3.12. The van der Waals surface area contributed by atoms with E-state index < -0.39 is 17.8 Å². The second kappa shape index (κ2) is 5.46. The van der Waals surface area contributed by atoms with Crippen molar-refractivity contribution in [1.29, 1.82) is 0 Å². The van der Waals surface area contributed by atoms with Crippen LogP contribution in [0.2, 0.25) is 0 Å². The van der Waals surface area contributed by atoms with Gasteiger partial charge in [-0.2, -0.15) is 0 Å². The van der Waals surface area contributed by atoms with Crippen molar-refractivity contribution in [2.45, 2.75) is 6.92 Å².